The molecule has 7 nitrogen and oxygen atoms in total. The first kappa shape index (κ1) is 23.0. The van der Waals surface area contributed by atoms with Crippen LogP contribution in [0.25, 0.3) is 10.6 Å². The fourth-order valence-electron chi connectivity index (χ4n) is 2.78. The largest absolute Gasteiger partial charge is 0.299 e. The highest BCUT2D eigenvalue weighted by atomic mass is 32.2. The van der Waals surface area contributed by atoms with Gasteiger partial charge < -0.3 is 0 Å². The number of carbonyl (C=O) groups excluding carboxylic acids is 1. The third-order valence-electron chi connectivity index (χ3n) is 4.86. The molecule has 0 fully saturated rings. The Balaban J connectivity index is 1.77. The predicted molar refractivity (Wildman–Crippen MR) is 119 cm³/mol. The maximum absolute atomic E-state index is 13.1. The van der Waals surface area contributed by atoms with E-state index in [4.69, 9.17) is 0 Å². The monoisotopic (exact) mass is 462 g/mol. The molecule has 2 aromatic carbocycles. The zero-order chi connectivity index (χ0) is 22.6. The molecule has 0 aliphatic heterocycles. The molecule has 2 N–H and O–H groups in total. The fourth-order valence-corrected chi connectivity index (χ4v) is 4.84. The van der Waals surface area contributed by atoms with Crippen LogP contribution in [0.5, 0.6) is 0 Å². The van der Waals surface area contributed by atoms with Gasteiger partial charge >= 0.3 is 0 Å². The van der Waals surface area contributed by atoms with Gasteiger partial charge in [-0.05, 0) is 37.1 Å². The zero-order valence-electron chi connectivity index (χ0n) is 17.3. The summed E-state index contributed by atoms with van der Waals surface area (Å²) in [4.78, 5) is 12.8. The third-order valence-corrected chi connectivity index (χ3v) is 7.20. The standard InChI is InChI=1S/C21H23FN4O3S2/c1-4-14(3)18(26-31(28,29)17-11-9-16(22)10-12-17)19(27)23-21-25-24-20(30-21)15-7-5-13(2)6-8-15/h5-12,14,18,26H,4H2,1-3H3,(H,23,25,27). The Morgan fingerprint density at radius 3 is 2.35 bits per heavy atom. The Morgan fingerprint density at radius 2 is 1.74 bits per heavy atom. The van der Waals surface area contributed by atoms with E-state index in [-0.39, 0.29) is 15.9 Å². The zero-order valence-corrected chi connectivity index (χ0v) is 18.9. The normalized spacial score (nSPS) is 13.5. The number of anilines is 1. The lowest BCUT2D eigenvalue weighted by atomic mass is 9.99. The number of hydrogen-bond donors (Lipinski definition) is 2. The molecule has 0 aliphatic carbocycles. The molecule has 3 rings (SSSR count). The van der Waals surface area contributed by atoms with E-state index in [1.54, 1.807) is 6.92 Å². The van der Waals surface area contributed by atoms with Crippen LogP contribution in [0.4, 0.5) is 9.52 Å². The van der Waals surface area contributed by atoms with Crippen molar-refractivity contribution in [3.05, 3.63) is 59.9 Å². The molecular weight excluding hydrogens is 439 g/mol. The summed E-state index contributed by atoms with van der Waals surface area (Å²) in [5.41, 5.74) is 1.99. The molecule has 2 unspecified atom stereocenters. The number of aromatic nitrogens is 2. The van der Waals surface area contributed by atoms with Crippen molar-refractivity contribution in [1.29, 1.82) is 0 Å². The van der Waals surface area contributed by atoms with Crippen LogP contribution in [-0.4, -0.2) is 30.6 Å². The lowest BCUT2D eigenvalue weighted by Gasteiger charge is -2.22. The van der Waals surface area contributed by atoms with Gasteiger partial charge in [-0.25, -0.2) is 12.8 Å². The van der Waals surface area contributed by atoms with Gasteiger partial charge in [0.05, 0.1) is 4.90 Å². The average molecular weight is 463 g/mol. The SMILES string of the molecule is CCC(C)C(NS(=O)(=O)c1ccc(F)cc1)C(=O)Nc1nnc(-c2ccc(C)cc2)s1. The number of benzene rings is 2. The molecule has 31 heavy (non-hydrogen) atoms. The van der Waals surface area contributed by atoms with Crippen LogP contribution in [0.2, 0.25) is 0 Å². The minimum absolute atomic E-state index is 0.118. The number of aryl methyl sites for hydroxylation is 1. The van der Waals surface area contributed by atoms with Gasteiger partial charge in [0.1, 0.15) is 16.9 Å². The highest BCUT2D eigenvalue weighted by molar-refractivity contribution is 7.89. The van der Waals surface area contributed by atoms with Gasteiger partial charge in [-0.3, -0.25) is 10.1 Å². The van der Waals surface area contributed by atoms with Crippen molar-refractivity contribution in [2.45, 2.75) is 38.1 Å². The van der Waals surface area contributed by atoms with Crippen LogP contribution >= 0.6 is 11.3 Å². The number of hydrogen-bond acceptors (Lipinski definition) is 6. The highest BCUT2D eigenvalue weighted by Crippen LogP contribution is 2.27. The summed E-state index contributed by atoms with van der Waals surface area (Å²) < 4.78 is 41.0. The number of nitrogens with zero attached hydrogens (tertiary/aromatic N) is 2. The average Bonchev–Trinajstić information content (AvgIpc) is 3.20. The second kappa shape index (κ2) is 9.63. The molecule has 2 atom stereocenters. The molecule has 164 valence electrons. The number of halogens is 1. The van der Waals surface area contributed by atoms with E-state index in [2.05, 4.69) is 20.2 Å². The van der Waals surface area contributed by atoms with E-state index in [0.717, 1.165) is 35.4 Å². The van der Waals surface area contributed by atoms with Crippen molar-refractivity contribution in [1.82, 2.24) is 14.9 Å². The first-order valence-corrected chi connectivity index (χ1v) is 12.0. The quantitative estimate of drug-likeness (QED) is 0.527. The van der Waals surface area contributed by atoms with E-state index < -0.39 is 27.8 Å². The molecule has 3 aromatic rings. The summed E-state index contributed by atoms with van der Waals surface area (Å²) in [7, 11) is -4.02. The van der Waals surface area contributed by atoms with Crippen molar-refractivity contribution in [2.75, 3.05) is 5.32 Å². The molecule has 0 radical (unpaired) electrons. The molecule has 0 aliphatic rings. The summed E-state index contributed by atoms with van der Waals surface area (Å²) in [6.07, 6.45) is 0.564. The summed E-state index contributed by atoms with van der Waals surface area (Å²) in [6, 6.07) is 11.1. The molecule has 1 heterocycles. The van der Waals surface area contributed by atoms with Gasteiger partial charge in [0.25, 0.3) is 0 Å². The predicted octanol–water partition coefficient (Wildman–Crippen LogP) is 3.98. The Bertz CT molecular complexity index is 1150. The highest BCUT2D eigenvalue weighted by Gasteiger charge is 2.30. The van der Waals surface area contributed by atoms with Crippen LogP contribution in [0.3, 0.4) is 0 Å². The summed E-state index contributed by atoms with van der Waals surface area (Å²) in [5, 5.41) is 11.7. The molecule has 0 saturated carbocycles. The van der Waals surface area contributed by atoms with Gasteiger partial charge in [0.2, 0.25) is 21.1 Å². The Morgan fingerprint density at radius 1 is 1.10 bits per heavy atom. The molecule has 0 saturated heterocycles. The maximum Gasteiger partial charge on any atom is 0.244 e. The van der Waals surface area contributed by atoms with Crippen LogP contribution in [-0.2, 0) is 14.8 Å². The van der Waals surface area contributed by atoms with Gasteiger partial charge in [0.15, 0.2) is 0 Å². The first-order chi connectivity index (χ1) is 14.7. The number of rotatable bonds is 8. The van der Waals surface area contributed by atoms with Gasteiger partial charge in [-0.2, -0.15) is 4.72 Å². The number of sulfonamides is 1. The van der Waals surface area contributed by atoms with Crippen LogP contribution in [0.1, 0.15) is 25.8 Å². The van der Waals surface area contributed by atoms with Gasteiger partial charge in [-0.15, -0.1) is 10.2 Å². The van der Waals surface area contributed by atoms with Gasteiger partial charge in [-0.1, -0.05) is 61.4 Å². The Hall–Kier alpha value is -2.69. The minimum atomic E-state index is -4.02. The van der Waals surface area contributed by atoms with Crippen LogP contribution < -0.4 is 10.0 Å². The van der Waals surface area contributed by atoms with Crippen molar-refractivity contribution >= 4 is 32.4 Å². The number of amides is 1. The molecule has 10 heteroatoms. The lowest BCUT2D eigenvalue weighted by molar-refractivity contribution is -0.118. The summed E-state index contributed by atoms with van der Waals surface area (Å²) in [6.45, 7) is 5.62. The molecular formula is C21H23FN4O3S2. The third kappa shape index (κ3) is 5.72. The second-order valence-corrected chi connectivity index (χ2v) is 9.90. The van der Waals surface area contributed by atoms with E-state index in [1.165, 1.54) is 11.3 Å². The Kier molecular flexibility index (Phi) is 7.14. The molecule has 1 amide bonds. The van der Waals surface area contributed by atoms with Crippen LogP contribution in [0.15, 0.2) is 53.4 Å². The maximum atomic E-state index is 13.1. The van der Waals surface area contributed by atoms with Crippen molar-refractivity contribution in [3.63, 3.8) is 0 Å². The fraction of sp³-hybridized carbons (Fsp3) is 0.286. The van der Waals surface area contributed by atoms with E-state index in [9.17, 15) is 17.6 Å². The van der Waals surface area contributed by atoms with Crippen molar-refractivity contribution in [3.8, 4) is 10.6 Å². The number of carbonyl (C=O) groups is 1. The summed E-state index contributed by atoms with van der Waals surface area (Å²) in [5.74, 6) is -1.37. The van der Waals surface area contributed by atoms with Crippen molar-refractivity contribution in [2.24, 2.45) is 5.92 Å². The molecule has 0 spiro atoms. The smallest absolute Gasteiger partial charge is 0.244 e. The molecule has 1 aromatic heterocycles. The minimum Gasteiger partial charge on any atom is -0.299 e. The topological polar surface area (TPSA) is 101 Å². The summed E-state index contributed by atoms with van der Waals surface area (Å²) >= 11 is 1.20. The molecule has 0 bridgehead atoms. The van der Waals surface area contributed by atoms with E-state index >= 15 is 0 Å². The number of nitrogens with one attached hydrogen (secondary N) is 2. The van der Waals surface area contributed by atoms with E-state index in [1.807, 2.05) is 38.1 Å². The second-order valence-electron chi connectivity index (χ2n) is 7.21. The lowest BCUT2D eigenvalue weighted by Crippen LogP contribution is -2.47. The van der Waals surface area contributed by atoms with Crippen molar-refractivity contribution < 1.29 is 17.6 Å². The van der Waals surface area contributed by atoms with Gasteiger partial charge in [0, 0.05) is 5.56 Å². The van der Waals surface area contributed by atoms with E-state index in [0.29, 0.717) is 11.4 Å². The first-order valence-electron chi connectivity index (χ1n) is 9.69. The van der Waals surface area contributed by atoms with Crippen LogP contribution in [0, 0.1) is 18.7 Å². The Labute approximate surface area is 184 Å².